The SMILES string of the molecule is NCC1CCCCN1S(=O)(=O)c1cccc(F)c1. The number of sulfonamides is 1. The van der Waals surface area contributed by atoms with Crippen molar-refractivity contribution in [2.45, 2.75) is 30.2 Å². The van der Waals surface area contributed by atoms with Gasteiger partial charge in [-0.1, -0.05) is 12.5 Å². The van der Waals surface area contributed by atoms with Crippen molar-refractivity contribution < 1.29 is 12.8 Å². The number of benzene rings is 1. The second kappa shape index (κ2) is 5.34. The van der Waals surface area contributed by atoms with Crippen molar-refractivity contribution in [3.8, 4) is 0 Å². The molecule has 18 heavy (non-hydrogen) atoms. The molecule has 0 amide bonds. The van der Waals surface area contributed by atoms with Crippen LogP contribution in [0.4, 0.5) is 4.39 Å². The van der Waals surface area contributed by atoms with Crippen LogP contribution in [-0.4, -0.2) is 31.9 Å². The first-order valence-corrected chi connectivity index (χ1v) is 7.47. The van der Waals surface area contributed by atoms with E-state index in [0.29, 0.717) is 13.1 Å². The Hall–Kier alpha value is -0.980. The molecule has 1 aromatic rings. The lowest BCUT2D eigenvalue weighted by Gasteiger charge is -2.33. The highest BCUT2D eigenvalue weighted by Gasteiger charge is 2.32. The molecule has 4 nitrogen and oxygen atoms in total. The molecule has 1 aliphatic heterocycles. The van der Waals surface area contributed by atoms with Crippen LogP contribution in [0.5, 0.6) is 0 Å². The van der Waals surface area contributed by atoms with Crippen LogP contribution in [0.2, 0.25) is 0 Å². The van der Waals surface area contributed by atoms with E-state index in [-0.39, 0.29) is 10.9 Å². The number of hydrogen-bond acceptors (Lipinski definition) is 3. The minimum Gasteiger partial charge on any atom is -0.329 e. The van der Waals surface area contributed by atoms with E-state index in [1.165, 1.54) is 22.5 Å². The summed E-state index contributed by atoms with van der Waals surface area (Å²) >= 11 is 0. The summed E-state index contributed by atoms with van der Waals surface area (Å²) in [5, 5.41) is 0. The van der Waals surface area contributed by atoms with Crippen LogP contribution in [0.1, 0.15) is 19.3 Å². The standard InChI is InChI=1S/C12H17FN2O2S/c13-10-4-3-6-12(8-10)18(16,17)15-7-2-1-5-11(15)9-14/h3-4,6,8,11H,1-2,5,7,9,14H2. The Balaban J connectivity index is 2.35. The third-order valence-corrected chi connectivity index (χ3v) is 5.20. The Bertz CT molecular complexity index is 519. The van der Waals surface area contributed by atoms with Gasteiger partial charge in [0.05, 0.1) is 4.90 Å². The molecule has 2 rings (SSSR count). The summed E-state index contributed by atoms with van der Waals surface area (Å²) in [4.78, 5) is 0.00264. The van der Waals surface area contributed by atoms with Gasteiger partial charge >= 0.3 is 0 Å². The summed E-state index contributed by atoms with van der Waals surface area (Å²) in [6.07, 6.45) is 2.58. The van der Waals surface area contributed by atoms with Crippen LogP contribution in [0, 0.1) is 5.82 Å². The van der Waals surface area contributed by atoms with Gasteiger partial charge in [0.2, 0.25) is 10.0 Å². The van der Waals surface area contributed by atoms with Gasteiger partial charge in [-0.2, -0.15) is 4.31 Å². The molecule has 1 heterocycles. The van der Waals surface area contributed by atoms with Gasteiger partial charge in [-0.3, -0.25) is 0 Å². The Labute approximate surface area is 107 Å². The molecule has 1 atom stereocenters. The van der Waals surface area contributed by atoms with E-state index in [1.54, 1.807) is 0 Å². The van der Waals surface area contributed by atoms with E-state index in [9.17, 15) is 12.8 Å². The van der Waals surface area contributed by atoms with Gasteiger partial charge in [-0.05, 0) is 31.0 Å². The predicted molar refractivity (Wildman–Crippen MR) is 67.0 cm³/mol. The van der Waals surface area contributed by atoms with Gasteiger partial charge in [0.1, 0.15) is 5.82 Å². The molecule has 0 bridgehead atoms. The molecular formula is C12H17FN2O2S. The Morgan fingerprint density at radius 2 is 2.17 bits per heavy atom. The zero-order valence-corrected chi connectivity index (χ0v) is 10.9. The molecule has 1 saturated heterocycles. The van der Waals surface area contributed by atoms with Gasteiger partial charge < -0.3 is 5.73 Å². The van der Waals surface area contributed by atoms with Crippen LogP contribution in [0.25, 0.3) is 0 Å². The lowest BCUT2D eigenvalue weighted by atomic mass is 10.1. The van der Waals surface area contributed by atoms with E-state index in [0.717, 1.165) is 25.3 Å². The molecule has 1 unspecified atom stereocenters. The van der Waals surface area contributed by atoms with Crippen molar-refractivity contribution in [1.29, 1.82) is 0 Å². The van der Waals surface area contributed by atoms with Gasteiger partial charge in [0, 0.05) is 19.1 Å². The van der Waals surface area contributed by atoms with Crippen molar-refractivity contribution in [3.05, 3.63) is 30.1 Å². The minimum absolute atomic E-state index is 0.00264. The highest BCUT2D eigenvalue weighted by Crippen LogP contribution is 2.25. The van der Waals surface area contributed by atoms with Crippen molar-refractivity contribution >= 4 is 10.0 Å². The summed E-state index contributed by atoms with van der Waals surface area (Å²) in [7, 11) is -3.63. The molecule has 0 aliphatic carbocycles. The smallest absolute Gasteiger partial charge is 0.243 e. The molecule has 100 valence electrons. The third-order valence-electron chi connectivity index (χ3n) is 3.25. The van der Waals surface area contributed by atoms with Crippen molar-refractivity contribution in [3.63, 3.8) is 0 Å². The number of halogens is 1. The van der Waals surface area contributed by atoms with Crippen LogP contribution in [0.15, 0.2) is 29.2 Å². The lowest BCUT2D eigenvalue weighted by Crippen LogP contribution is -2.47. The number of rotatable bonds is 3. The van der Waals surface area contributed by atoms with Crippen molar-refractivity contribution in [1.82, 2.24) is 4.31 Å². The maximum Gasteiger partial charge on any atom is 0.243 e. The molecule has 1 aromatic carbocycles. The van der Waals surface area contributed by atoms with Crippen LogP contribution < -0.4 is 5.73 Å². The summed E-state index contributed by atoms with van der Waals surface area (Å²) in [5.74, 6) is -0.544. The highest BCUT2D eigenvalue weighted by atomic mass is 32.2. The summed E-state index contributed by atoms with van der Waals surface area (Å²) in [6.45, 7) is 0.759. The molecule has 1 aliphatic rings. The molecule has 2 N–H and O–H groups in total. The molecule has 1 fully saturated rings. The highest BCUT2D eigenvalue weighted by molar-refractivity contribution is 7.89. The van der Waals surface area contributed by atoms with E-state index in [2.05, 4.69) is 0 Å². The van der Waals surface area contributed by atoms with Crippen LogP contribution >= 0.6 is 0 Å². The van der Waals surface area contributed by atoms with Crippen molar-refractivity contribution in [2.75, 3.05) is 13.1 Å². The number of hydrogen-bond donors (Lipinski definition) is 1. The van der Waals surface area contributed by atoms with Crippen LogP contribution in [-0.2, 0) is 10.0 Å². The predicted octanol–water partition coefficient (Wildman–Crippen LogP) is 1.33. The van der Waals surface area contributed by atoms with E-state index in [1.807, 2.05) is 0 Å². The number of nitrogens with zero attached hydrogens (tertiary/aromatic N) is 1. The molecule has 0 radical (unpaired) electrons. The monoisotopic (exact) mass is 272 g/mol. The number of piperidine rings is 1. The first-order valence-electron chi connectivity index (χ1n) is 6.03. The summed E-state index contributed by atoms with van der Waals surface area (Å²) in [6, 6.07) is 4.93. The molecular weight excluding hydrogens is 255 g/mol. The molecule has 0 saturated carbocycles. The normalized spacial score (nSPS) is 22.0. The maximum absolute atomic E-state index is 13.1. The quantitative estimate of drug-likeness (QED) is 0.903. The fourth-order valence-electron chi connectivity index (χ4n) is 2.29. The summed E-state index contributed by atoms with van der Waals surface area (Å²) in [5.41, 5.74) is 5.62. The van der Waals surface area contributed by atoms with Crippen LogP contribution in [0.3, 0.4) is 0 Å². The molecule has 0 spiro atoms. The van der Waals surface area contributed by atoms with E-state index < -0.39 is 15.8 Å². The first-order chi connectivity index (χ1) is 8.55. The minimum atomic E-state index is -3.63. The van der Waals surface area contributed by atoms with E-state index in [4.69, 9.17) is 5.73 Å². The second-order valence-electron chi connectivity index (χ2n) is 4.46. The Morgan fingerprint density at radius 1 is 1.39 bits per heavy atom. The van der Waals surface area contributed by atoms with E-state index >= 15 is 0 Å². The Morgan fingerprint density at radius 3 is 2.83 bits per heavy atom. The fourth-order valence-corrected chi connectivity index (χ4v) is 4.03. The summed E-state index contributed by atoms with van der Waals surface area (Å²) < 4.78 is 39.4. The lowest BCUT2D eigenvalue weighted by molar-refractivity contribution is 0.257. The average molecular weight is 272 g/mol. The number of nitrogens with two attached hydrogens (primary N) is 1. The average Bonchev–Trinajstić information content (AvgIpc) is 2.38. The first kappa shape index (κ1) is 13.5. The molecule has 0 aromatic heterocycles. The maximum atomic E-state index is 13.1. The van der Waals surface area contributed by atoms with Gasteiger partial charge in [-0.15, -0.1) is 0 Å². The van der Waals surface area contributed by atoms with Gasteiger partial charge in [0.15, 0.2) is 0 Å². The third kappa shape index (κ3) is 2.55. The molecule has 6 heteroatoms. The largest absolute Gasteiger partial charge is 0.329 e. The zero-order valence-electron chi connectivity index (χ0n) is 10.0. The Kier molecular flexibility index (Phi) is 3.99. The fraction of sp³-hybridized carbons (Fsp3) is 0.500. The van der Waals surface area contributed by atoms with Crippen molar-refractivity contribution in [2.24, 2.45) is 5.73 Å². The van der Waals surface area contributed by atoms with Gasteiger partial charge in [0.25, 0.3) is 0 Å². The zero-order chi connectivity index (χ0) is 13.2. The second-order valence-corrected chi connectivity index (χ2v) is 6.35. The van der Waals surface area contributed by atoms with Gasteiger partial charge in [-0.25, -0.2) is 12.8 Å². The topological polar surface area (TPSA) is 63.4 Å².